The molecule has 0 radical (unpaired) electrons. The van der Waals surface area contributed by atoms with Gasteiger partial charge in [-0.3, -0.25) is 0 Å². The van der Waals surface area contributed by atoms with Gasteiger partial charge in [-0.15, -0.1) is 0 Å². The summed E-state index contributed by atoms with van der Waals surface area (Å²) in [6.07, 6.45) is 3.16. The van der Waals surface area contributed by atoms with Gasteiger partial charge >= 0.3 is 0 Å². The molecule has 2 aromatic heterocycles. The van der Waals surface area contributed by atoms with Crippen molar-refractivity contribution in [3.8, 4) is 0 Å². The first-order chi connectivity index (χ1) is 9.51. The number of hydrogen-bond acceptors (Lipinski definition) is 3. The van der Waals surface area contributed by atoms with Crippen molar-refractivity contribution in [2.75, 3.05) is 0 Å². The second kappa shape index (κ2) is 4.71. The van der Waals surface area contributed by atoms with E-state index in [0.29, 0.717) is 5.65 Å². The molecule has 6 heteroatoms. The van der Waals surface area contributed by atoms with E-state index < -0.39 is 10.0 Å². The van der Waals surface area contributed by atoms with Crippen LogP contribution in [0.4, 0.5) is 0 Å². The summed E-state index contributed by atoms with van der Waals surface area (Å²) in [5, 5.41) is 0.818. The molecule has 102 valence electrons. The summed E-state index contributed by atoms with van der Waals surface area (Å²) >= 11 is 3.40. The Morgan fingerprint density at radius 2 is 1.85 bits per heavy atom. The van der Waals surface area contributed by atoms with Gasteiger partial charge in [0.25, 0.3) is 10.0 Å². The molecular formula is C14H11BrN2O2S. The molecule has 20 heavy (non-hydrogen) atoms. The molecule has 2 heterocycles. The zero-order chi connectivity index (χ0) is 14.3. The van der Waals surface area contributed by atoms with E-state index in [1.54, 1.807) is 48.8 Å². The Kier molecular flexibility index (Phi) is 3.14. The molecule has 0 aliphatic rings. The van der Waals surface area contributed by atoms with Crippen molar-refractivity contribution in [1.29, 1.82) is 0 Å². The molecule has 4 nitrogen and oxygen atoms in total. The van der Waals surface area contributed by atoms with E-state index in [9.17, 15) is 8.42 Å². The molecule has 3 aromatic rings. The number of pyridine rings is 1. The van der Waals surface area contributed by atoms with E-state index in [-0.39, 0.29) is 4.90 Å². The summed E-state index contributed by atoms with van der Waals surface area (Å²) < 4.78 is 27.3. The van der Waals surface area contributed by atoms with Crippen molar-refractivity contribution in [2.24, 2.45) is 0 Å². The van der Waals surface area contributed by atoms with Gasteiger partial charge in [0.15, 0.2) is 5.65 Å². The van der Waals surface area contributed by atoms with Crippen LogP contribution in [0.5, 0.6) is 0 Å². The fourth-order valence-corrected chi connectivity index (χ4v) is 3.71. The largest absolute Gasteiger partial charge is 0.269 e. The summed E-state index contributed by atoms with van der Waals surface area (Å²) in [4.78, 5) is 4.48. The molecule has 0 saturated carbocycles. The molecular weight excluding hydrogens is 340 g/mol. The van der Waals surface area contributed by atoms with Gasteiger partial charge in [-0.2, -0.15) is 0 Å². The van der Waals surface area contributed by atoms with Crippen molar-refractivity contribution < 1.29 is 8.42 Å². The van der Waals surface area contributed by atoms with E-state index in [1.807, 2.05) is 6.92 Å². The summed E-state index contributed by atoms with van der Waals surface area (Å²) in [5.41, 5.74) is 1.41. The molecule has 0 aliphatic heterocycles. The molecule has 0 aliphatic carbocycles. The number of fused-ring (bicyclic) bond motifs is 1. The number of rotatable bonds is 2. The SMILES string of the molecule is Cc1c(Br)cnc2c1ccn2S(=O)(=O)c1ccccc1. The topological polar surface area (TPSA) is 52.0 Å². The fraction of sp³-hybridized carbons (Fsp3) is 0.0714. The van der Waals surface area contributed by atoms with Gasteiger partial charge in [0.1, 0.15) is 0 Å². The summed E-state index contributed by atoms with van der Waals surface area (Å²) in [6, 6.07) is 10.1. The van der Waals surface area contributed by atoms with Gasteiger partial charge in [0, 0.05) is 22.3 Å². The maximum Gasteiger partial charge on any atom is 0.269 e. The highest BCUT2D eigenvalue weighted by Crippen LogP contribution is 2.26. The minimum atomic E-state index is -3.61. The molecule has 0 spiro atoms. The Balaban J connectivity index is 2.29. The zero-order valence-electron chi connectivity index (χ0n) is 10.6. The highest BCUT2D eigenvalue weighted by atomic mass is 79.9. The van der Waals surface area contributed by atoms with Crippen LogP contribution >= 0.6 is 15.9 Å². The van der Waals surface area contributed by atoms with E-state index in [1.165, 1.54) is 3.97 Å². The molecule has 1 aromatic carbocycles. The van der Waals surface area contributed by atoms with Gasteiger partial charge in [-0.25, -0.2) is 17.4 Å². The second-order valence-electron chi connectivity index (χ2n) is 4.40. The van der Waals surface area contributed by atoms with Crippen molar-refractivity contribution in [3.63, 3.8) is 0 Å². The van der Waals surface area contributed by atoms with Crippen LogP contribution in [0.1, 0.15) is 5.56 Å². The van der Waals surface area contributed by atoms with Gasteiger partial charge in [0.2, 0.25) is 0 Å². The summed E-state index contributed by atoms with van der Waals surface area (Å²) in [5.74, 6) is 0. The molecule has 0 bridgehead atoms. The predicted octanol–water partition coefficient (Wildman–Crippen LogP) is 3.34. The summed E-state index contributed by atoms with van der Waals surface area (Å²) in [6.45, 7) is 1.92. The standard InChI is InChI=1S/C14H11BrN2O2S/c1-10-12-7-8-17(14(12)16-9-13(10)15)20(18,19)11-5-3-2-4-6-11/h2-9H,1H3. The monoisotopic (exact) mass is 350 g/mol. The van der Waals surface area contributed by atoms with E-state index in [0.717, 1.165) is 15.4 Å². The molecule has 0 N–H and O–H groups in total. The van der Waals surface area contributed by atoms with Crippen LogP contribution in [0.25, 0.3) is 11.0 Å². The lowest BCUT2D eigenvalue weighted by Crippen LogP contribution is -2.12. The molecule has 3 rings (SSSR count). The highest BCUT2D eigenvalue weighted by molar-refractivity contribution is 9.10. The van der Waals surface area contributed by atoms with Gasteiger partial charge < -0.3 is 0 Å². The minimum absolute atomic E-state index is 0.250. The molecule has 0 fully saturated rings. The van der Waals surface area contributed by atoms with Gasteiger partial charge in [-0.1, -0.05) is 18.2 Å². The van der Waals surface area contributed by atoms with Crippen LogP contribution in [0, 0.1) is 6.92 Å². The van der Waals surface area contributed by atoms with Crippen molar-refractivity contribution in [2.45, 2.75) is 11.8 Å². The summed E-state index contributed by atoms with van der Waals surface area (Å²) in [7, 11) is -3.61. The van der Waals surface area contributed by atoms with Crippen LogP contribution in [-0.4, -0.2) is 17.4 Å². The maximum atomic E-state index is 12.6. The Hall–Kier alpha value is -1.66. The number of aryl methyl sites for hydroxylation is 1. The fourth-order valence-electron chi connectivity index (χ4n) is 2.07. The van der Waals surface area contributed by atoms with Crippen LogP contribution in [0.3, 0.4) is 0 Å². The average molecular weight is 351 g/mol. The average Bonchev–Trinajstić information content (AvgIpc) is 2.89. The number of aromatic nitrogens is 2. The third-order valence-electron chi connectivity index (χ3n) is 3.19. The van der Waals surface area contributed by atoms with Crippen LogP contribution in [0.15, 0.2) is 58.2 Å². The Morgan fingerprint density at radius 3 is 2.55 bits per heavy atom. The normalized spacial score (nSPS) is 11.9. The number of halogens is 1. The predicted molar refractivity (Wildman–Crippen MR) is 81.2 cm³/mol. The van der Waals surface area contributed by atoms with Gasteiger partial charge in [0.05, 0.1) is 4.90 Å². The number of hydrogen-bond donors (Lipinski definition) is 0. The molecule has 0 atom stereocenters. The van der Waals surface area contributed by atoms with E-state index in [4.69, 9.17) is 0 Å². The van der Waals surface area contributed by atoms with E-state index >= 15 is 0 Å². The Morgan fingerprint density at radius 1 is 1.15 bits per heavy atom. The smallest absolute Gasteiger partial charge is 0.236 e. The van der Waals surface area contributed by atoms with Crippen molar-refractivity contribution in [1.82, 2.24) is 8.96 Å². The third-order valence-corrected chi connectivity index (χ3v) is 5.67. The first-order valence-electron chi connectivity index (χ1n) is 5.94. The maximum absolute atomic E-state index is 12.6. The number of nitrogens with zero attached hydrogens (tertiary/aromatic N) is 2. The lowest BCUT2D eigenvalue weighted by Gasteiger charge is -2.07. The minimum Gasteiger partial charge on any atom is -0.236 e. The quantitative estimate of drug-likeness (QED) is 0.712. The van der Waals surface area contributed by atoms with E-state index in [2.05, 4.69) is 20.9 Å². The van der Waals surface area contributed by atoms with Crippen LogP contribution in [0.2, 0.25) is 0 Å². The lowest BCUT2D eigenvalue weighted by atomic mass is 10.2. The molecule has 0 amide bonds. The zero-order valence-corrected chi connectivity index (χ0v) is 13.0. The molecule has 0 unspecified atom stereocenters. The number of benzene rings is 1. The first kappa shape index (κ1) is 13.3. The Bertz CT molecular complexity index is 886. The van der Waals surface area contributed by atoms with Crippen LogP contribution < -0.4 is 0 Å². The first-order valence-corrected chi connectivity index (χ1v) is 8.18. The lowest BCUT2D eigenvalue weighted by molar-refractivity contribution is 0.589. The van der Waals surface area contributed by atoms with Gasteiger partial charge in [-0.05, 0) is 46.6 Å². The van der Waals surface area contributed by atoms with Crippen LogP contribution in [-0.2, 0) is 10.0 Å². The third kappa shape index (κ3) is 1.96. The second-order valence-corrected chi connectivity index (χ2v) is 7.07. The van der Waals surface area contributed by atoms with Crippen molar-refractivity contribution >= 4 is 37.0 Å². The Labute approximate surface area is 125 Å². The van der Waals surface area contributed by atoms with Crippen molar-refractivity contribution in [3.05, 3.63) is 58.8 Å². The molecule has 0 saturated heterocycles. The highest BCUT2D eigenvalue weighted by Gasteiger charge is 2.20.